The van der Waals surface area contributed by atoms with Gasteiger partial charge in [0.1, 0.15) is 30.6 Å². The maximum atomic E-state index is 12.2. The summed E-state index contributed by atoms with van der Waals surface area (Å²) in [5.41, 5.74) is 6.08. The van der Waals surface area contributed by atoms with E-state index >= 15 is 0 Å². The van der Waals surface area contributed by atoms with Gasteiger partial charge >= 0.3 is 35.2 Å². The molecule has 15 nitrogen and oxygen atoms in total. The van der Waals surface area contributed by atoms with Gasteiger partial charge in [-0.3, -0.25) is 14.3 Å². The molecule has 16 heteroatoms. The zero-order valence-corrected chi connectivity index (χ0v) is 18.6. The van der Waals surface area contributed by atoms with E-state index in [1.165, 1.54) is 0 Å². The molecule has 170 valence electrons. The normalized spacial score (nSPS) is 36.2. The molecule has 0 unspecified atom stereocenters. The Balaban J connectivity index is 0.00000432. The number of hydrogen-bond acceptors (Lipinski definition) is 11. The fourth-order valence-corrected chi connectivity index (χ4v) is 3.29. The van der Waals surface area contributed by atoms with Gasteiger partial charge in [0.15, 0.2) is 6.29 Å². The van der Waals surface area contributed by atoms with Crippen LogP contribution < -0.4 is 45.9 Å². The average Bonchev–Trinajstić information content (AvgIpc) is 3.13. The van der Waals surface area contributed by atoms with Crippen LogP contribution in [-0.4, -0.2) is 80.3 Å². The summed E-state index contributed by atoms with van der Waals surface area (Å²) in [4.78, 5) is 39.7. The quantitative estimate of drug-likeness (QED) is 0.133. The number of aromatic nitrogens is 2. The SMILES string of the molecule is [2H]C([2H])([2H])c1cn([C@H]2C[C@H](N=[N+]=[N-])[C@@H](CO[C@@H]3O[C@H](C(=O)[O-])[C@@H](O)[C@H](O)[C@H]3O)O2)c(=O)[nH]c1=O.[Na+]. The molecule has 2 saturated heterocycles. The van der Waals surface area contributed by atoms with E-state index in [2.05, 4.69) is 10.0 Å². The Labute approximate surface area is 205 Å². The number of carbonyl (C=O) groups is 1. The van der Waals surface area contributed by atoms with Crippen molar-refractivity contribution in [3.05, 3.63) is 43.0 Å². The molecule has 0 amide bonds. The van der Waals surface area contributed by atoms with Crippen LogP contribution in [-0.2, 0) is 19.0 Å². The van der Waals surface area contributed by atoms with Gasteiger partial charge in [-0.05, 0) is 12.4 Å². The summed E-state index contributed by atoms with van der Waals surface area (Å²) >= 11 is 0. The molecule has 1 aromatic heterocycles. The van der Waals surface area contributed by atoms with E-state index in [9.17, 15) is 34.8 Å². The number of aromatic amines is 1. The Morgan fingerprint density at radius 3 is 2.75 bits per heavy atom. The number of hydrogen-bond donors (Lipinski definition) is 4. The molecule has 3 heterocycles. The molecule has 32 heavy (non-hydrogen) atoms. The number of rotatable bonds is 6. The molecular weight excluding hydrogens is 445 g/mol. The van der Waals surface area contributed by atoms with Crippen LogP contribution in [0.1, 0.15) is 22.3 Å². The van der Waals surface area contributed by atoms with Crippen molar-refractivity contribution in [1.29, 1.82) is 0 Å². The second kappa shape index (κ2) is 10.9. The van der Waals surface area contributed by atoms with E-state index in [0.717, 1.165) is 10.8 Å². The molecule has 0 aliphatic carbocycles. The number of nitrogens with one attached hydrogen (secondary N) is 1. The monoisotopic (exact) mass is 468 g/mol. The van der Waals surface area contributed by atoms with Gasteiger partial charge in [0.25, 0.3) is 5.56 Å². The summed E-state index contributed by atoms with van der Waals surface area (Å²) in [6.45, 7) is -3.33. The van der Waals surface area contributed by atoms with E-state index in [4.69, 9.17) is 23.9 Å². The summed E-state index contributed by atoms with van der Waals surface area (Å²) in [6, 6.07) is -0.974. The molecule has 4 N–H and O–H groups in total. The molecule has 2 aliphatic heterocycles. The number of aliphatic carboxylic acids is 1. The van der Waals surface area contributed by atoms with Crippen LogP contribution in [0.15, 0.2) is 20.9 Å². The third-order valence-corrected chi connectivity index (χ3v) is 4.91. The predicted octanol–water partition coefficient (Wildman–Crippen LogP) is -6.61. The molecule has 1 aromatic rings. The fraction of sp³-hybridized carbons (Fsp3) is 0.688. The van der Waals surface area contributed by atoms with Crippen molar-refractivity contribution >= 4 is 5.97 Å². The van der Waals surface area contributed by atoms with Crippen LogP contribution in [0.5, 0.6) is 0 Å². The molecule has 0 bridgehead atoms. The first-order valence-corrected chi connectivity index (χ1v) is 8.93. The van der Waals surface area contributed by atoms with E-state index in [1.807, 2.05) is 4.98 Å². The molecule has 0 radical (unpaired) electrons. The third kappa shape index (κ3) is 5.40. The van der Waals surface area contributed by atoms with Crippen molar-refractivity contribution in [2.45, 2.75) is 62.4 Å². The van der Waals surface area contributed by atoms with Gasteiger partial charge in [-0.15, -0.1) is 0 Å². The second-order valence-corrected chi connectivity index (χ2v) is 6.90. The number of H-pyrrole nitrogens is 1. The van der Waals surface area contributed by atoms with Gasteiger partial charge in [-0.2, -0.15) is 0 Å². The van der Waals surface area contributed by atoms with Gasteiger partial charge < -0.3 is 39.4 Å². The topological polar surface area (TPSA) is 232 Å². The largest absolute Gasteiger partial charge is 1.00 e. The van der Waals surface area contributed by atoms with Crippen molar-refractivity contribution in [2.75, 3.05) is 6.61 Å². The van der Waals surface area contributed by atoms with Crippen LogP contribution in [0.2, 0.25) is 0 Å². The van der Waals surface area contributed by atoms with Crippen LogP contribution in [0.4, 0.5) is 0 Å². The minimum atomic E-state index is -2.83. The van der Waals surface area contributed by atoms with E-state index in [0.29, 0.717) is 0 Å². The molecular formula is C16H20N5NaO10. The molecule has 3 rings (SSSR count). The van der Waals surface area contributed by atoms with Crippen LogP contribution in [0.3, 0.4) is 0 Å². The molecule has 0 spiro atoms. The number of carboxylic acids is 1. The number of azide groups is 1. The van der Waals surface area contributed by atoms with Crippen LogP contribution in [0, 0.1) is 6.85 Å². The average molecular weight is 468 g/mol. The summed E-state index contributed by atoms with van der Waals surface area (Å²) in [5, 5.41) is 44.2. The minimum absolute atomic E-state index is 0. The van der Waals surface area contributed by atoms with Crippen molar-refractivity contribution in [1.82, 2.24) is 9.55 Å². The zero-order chi connectivity index (χ0) is 25.4. The predicted molar refractivity (Wildman–Crippen MR) is 95.2 cm³/mol. The standard InChI is InChI=1S/C16H21N5O10.Na/c1-5-3-21(16(28)18-13(5)25)8-2-6(19-20-17)7(30-8)4-29-15-11(24)9(22)10(23)12(31-15)14(26)27;/h3,6-12,15,22-24H,2,4H2,1H3,(H,26,27)(H,18,25,28);/q;+1/p-1/t6-,7+,8+,9-,10-,11+,12-,15+;/m0./s1/i1D3;. The first kappa shape index (κ1) is 22.0. The zero-order valence-electron chi connectivity index (χ0n) is 19.6. The van der Waals surface area contributed by atoms with E-state index in [-0.39, 0.29) is 36.0 Å². The Morgan fingerprint density at radius 1 is 1.41 bits per heavy atom. The number of ether oxygens (including phenoxy) is 3. The Hall–Kier alpha value is -1.78. The van der Waals surface area contributed by atoms with E-state index in [1.54, 1.807) is 0 Å². The summed E-state index contributed by atoms with van der Waals surface area (Å²) < 4.78 is 38.9. The number of carboxylic acid groups (broad SMARTS) is 1. The van der Waals surface area contributed by atoms with Gasteiger partial charge in [-0.1, -0.05) is 5.11 Å². The van der Waals surface area contributed by atoms with Gasteiger partial charge in [-0.25, -0.2) is 4.79 Å². The van der Waals surface area contributed by atoms with Crippen molar-refractivity contribution in [2.24, 2.45) is 5.11 Å². The molecule has 0 saturated carbocycles. The van der Waals surface area contributed by atoms with Gasteiger partial charge in [0.2, 0.25) is 0 Å². The van der Waals surface area contributed by atoms with Crippen molar-refractivity contribution in [3.63, 3.8) is 0 Å². The summed E-state index contributed by atoms with van der Waals surface area (Å²) in [5.74, 6) is -1.86. The molecule has 8 atom stereocenters. The number of aliphatic hydroxyl groups excluding tert-OH is 3. The molecule has 2 aliphatic rings. The first-order chi connectivity index (χ1) is 15.8. The van der Waals surface area contributed by atoms with Gasteiger partial charge in [0, 0.05) is 27.2 Å². The number of nitrogens with zero attached hydrogens (tertiary/aromatic N) is 4. The summed E-state index contributed by atoms with van der Waals surface area (Å²) in [6.07, 6.45) is -11.1. The molecule has 0 aromatic carbocycles. The van der Waals surface area contributed by atoms with Crippen molar-refractivity contribution in [3.8, 4) is 0 Å². The minimum Gasteiger partial charge on any atom is -0.547 e. The first-order valence-electron chi connectivity index (χ1n) is 10.4. The van der Waals surface area contributed by atoms with E-state index < -0.39 is 85.3 Å². The summed E-state index contributed by atoms with van der Waals surface area (Å²) in [7, 11) is 0. The third-order valence-electron chi connectivity index (χ3n) is 4.91. The number of aryl methyl sites for hydroxylation is 1. The second-order valence-electron chi connectivity index (χ2n) is 6.90. The van der Waals surface area contributed by atoms with Crippen LogP contribution in [0.25, 0.3) is 10.4 Å². The Bertz CT molecular complexity index is 1090. The maximum absolute atomic E-state index is 12.2. The van der Waals surface area contributed by atoms with Crippen LogP contribution >= 0.6 is 0 Å². The Kier molecular flexibility index (Phi) is 7.50. The smallest absolute Gasteiger partial charge is 0.547 e. The molecule has 2 fully saturated rings. The van der Waals surface area contributed by atoms with Gasteiger partial charge in [0.05, 0.1) is 24.7 Å². The number of carbonyl (C=O) groups excluding carboxylic acids is 1. The fourth-order valence-electron chi connectivity index (χ4n) is 3.29. The number of aliphatic hydroxyl groups is 3. The maximum Gasteiger partial charge on any atom is 1.00 e. The van der Waals surface area contributed by atoms with Crippen molar-refractivity contribution < 1.29 is 73.1 Å². The Morgan fingerprint density at radius 2 is 2.12 bits per heavy atom.